The topological polar surface area (TPSA) is 95.6 Å². The highest BCUT2D eigenvalue weighted by Crippen LogP contribution is 2.26. The molecule has 0 saturated carbocycles. The number of hydrogen-bond donors (Lipinski definition) is 2. The molecular formula is C19H29N3O4S. The first-order chi connectivity index (χ1) is 13.0. The van der Waals surface area contributed by atoms with Crippen LogP contribution in [0.4, 0.5) is 0 Å². The summed E-state index contributed by atoms with van der Waals surface area (Å²) >= 11 is 0. The zero-order valence-corrected chi connectivity index (χ0v) is 16.6. The molecule has 27 heavy (non-hydrogen) atoms. The van der Waals surface area contributed by atoms with E-state index in [0.29, 0.717) is 19.5 Å². The van der Waals surface area contributed by atoms with Gasteiger partial charge in [0, 0.05) is 25.7 Å². The Morgan fingerprint density at radius 1 is 1.07 bits per heavy atom. The molecule has 0 aliphatic carbocycles. The van der Waals surface area contributed by atoms with Gasteiger partial charge in [-0.1, -0.05) is 38.0 Å². The maximum absolute atomic E-state index is 12.9. The maximum Gasteiger partial charge on any atom is 0.309 e. The summed E-state index contributed by atoms with van der Waals surface area (Å²) in [5.74, 6) is -1.31. The predicted molar refractivity (Wildman–Crippen MR) is 104 cm³/mol. The van der Waals surface area contributed by atoms with E-state index in [4.69, 9.17) is 0 Å². The Morgan fingerprint density at radius 2 is 1.74 bits per heavy atom. The lowest BCUT2D eigenvalue weighted by Crippen LogP contribution is -2.46. The largest absolute Gasteiger partial charge is 0.348 e. The monoisotopic (exact) mass is 395 g/mol. The standard InChI is InChI=1S/C19H29N3O4S/c1-2-3-13-20-18(23)19(24)21-14-12-16-9-7-8-15-22(16)27(25,26)17-10-5-4-6-11-17/h4-6,10-11,16H,2-3,7-9,12-15H2,1H3,(H,20,23)(H,21,24)/t16-/m1/s1. The molecule has 2 rings (SSSR count). The molecule has 7 nitrogen and oxygen atoms in total. The number of carbonyl (C=O) groups is 2. The Balaban J connectivity index is 1.90. The number of rotatable bonds is 8. The van der Waals surface area contributed by atoms with Gasteiger partial charge in [-0.25, -0.2) is 8.42 Å². The highest BCUT2D eigenvalue weighted by Gasteiger charge is 2.33. The molecule has 150 valence electrons. The second-order valence-electron chi connectivity index (χ2n) is 6.73. The Labute approximate surface area is 161 Å². The fraction of sp³-hybridized carbons (Fsp3) is 0.579. The summed E-state index contributed by atoms with van der Waals surface area (Å²) in [5.41, 5.74) is 0. The van der Waals surface area contributed by atoms with Crippen molar-refractivity contribution in [3.8, 4) is 0 Å². The molecule has 1 aliphatic heterocycles. The molecule has 0 radical (unpaired) electrons. The van der Waals surface area contributed by atoms with E-state index in [0.717, 1.165) is 32.1 Å². The lowest BCUT2D eigenvalue weighted by molar-refractivity contribution is -0.139. The molecule has 1 aromatic carbocycles. The molecule has 1 aliphatic rings. The zero-order valence-electron chi connectivity index (χ0n) is 15.8. The van der Waals surface area contributed by atoms with Crippen LogP contribution < -0.4 is 10.6 Å². The molecular weight excluding hydrogens is 366 g/mol. The van der Waals surface area contributed by atoms with Gasteiger partial charge in [0.25, 0.3) is 0 Å². The van der Waals surface area contributed by atoms with Crippen molar-refractivity contribution in [3.05, 3.63) is 30.3 Å². The molecule has 2 amide bonds. The van der Waals surface area contributed by atoms with Crippen LogP contribution >= 0.6 is 0 Å². The van der Waals surface area contributed by atoms with Crippen molar-refractivity contribution in [2.24, 2.45) is 0 Å². The summed E-state index contributed by atoms with van der Waals surface area (Å²) < 4.78 is 27.4. The van der Waals surface area contributed by atoms with E-state index in [1.165, 1.54) is 0 Å². The van der Waals surface area contributed by atoms with Crippen LogP contribution in [-0.4, -0.2) is 50.2 Å². The number of sulfonamides is 1. The normalized spacial score (nSPS) is 18.0. The third kappa shape index (κ3) is 6.04. The number of amides is 2. The van der Waals surface area contributed by atoms with Gasteiger partial charge < -0.3 is 10.6 Å². The van der Waals surface area contributed by atoms with Gasteiger partial charge in [0.1, 0.15) is 0 Å². The van der Waals surface area contributed by atoms with E-state index in [-0.39, 0.29) is 17.5 Å². The highest BCUT2D eigenvalue weighted by atomic mass is 32.2. The SMILES string of the molecule is CCCCNC(=O)C(=O)NCC[C@H]1CCCCN1S(=O)(=O)c1ccccc1. The molecule has 0 bridgehead atoms. The number of carbonyl (C=O) groups excluding carboxylic acids is 2. The highest BCUT2D eigenvalue weighted by molar-refractivity contribution is 7.89. The summed E-state index contributed by atoms with van der Waals surface area (Å²) in [6.07, 6.45) is 4.79. The summed E-state index contributed by atoms with van der Waals surface area (Å²) in [6.45, 7) is 3.24. The van der Waals surface area contributed by atoms with Gasteiger partial charge in [-0.3, -0.25) is 9.59 Å². The van der Waals surface area contributed by atoms with Gasteiger partial charge in [-0.05, 0) is 37.8 Å². The zero-order chi connectivity index (χ0) is 19.7. The van der Waals surface area contributed by atoms with Crippen molar-refractivity contribution in [1.82, 2.24) is 14.9 Å². The maximum atomic E-state index is 12.9. The summed E-state index contributed by atoms with van der Waals surface area (Å²) in [6, 6.07) is 8.24. The average Bonchev–Trinajstić information content (AvgIpc) is 2.69. The van der Waals surface area contributed by atoms with Crippen LogP contribution in [0, 0.1) is 0 Å². The number of unbranched alkanes of at least 4 members (excludes halogenated alkanes) is 1. The number of nitrogens with one attached hydrogen (secondary N) is 2. The first-order valence-corrected chi connectivity index (χ1v) is 11.0. The second kappa shape index (κ2) is 10.4. The van der Waals surface area contributed by atoms with E-state index >= 15 is 0 Å². The van der Waals surface area contributed by atoms with Crippen LogP contribution in [0.15, 0.2) is 35.2 Å². The molecule has 1 atom stereocenters. The van der Waals surface area contributed by atoms with E-state index in [1.54, 1.807) is 34.6 Å². The summed E-state index contributed by atoms with van der Waals surface area (Å²) in [4.78, 5) is 23.8. The third-order valence-electron chi connectivity index (χ3n) is 4.71. The Hall–Kier alpha value is -1.93. The lowest BCUT2D eigenvalue weighted by atomic mass is 10.0. The predicted octanol–water partition coefficient (Wildman–Crippen LogP) is 1.65. The number of hydrogen-bond acceptors (Lipinski definition) is 4. The smallest absolute Gasteiger partial charge is 0.309 e. The molecule has 1 aromatic rings. The van der Waals surface area contributed by atoms with Gasteiger partial charge in [-0.2, -0.15) is 4.31 Å². The van der Waals surface area contributed by atoms with Crippen molar-refractivity contribution >= 4 is 21.8 Å². The van der Waals surface area contributed by atoms with Gasteiger partial charge in [0.2, 0.25) is 10.0 Å². The molecule has 1 saturated heterocycles. The molecule has 0 unspecified atom stereocenters. The molecule has 1 fully saturated rings. The van der Waals surface area contributed by atoms with Gasteiger partial charge in [0.15, 0.2) is 0 Å². The second-order valence-corrected chi connectivity index (χ2v) is 8.62. The van der Waals surface area contributed by atoms with Gasteiger partial charge in [-0.15, -0.1) is 0 Å². The minimum Gasteiger partial charge on any atom is -0.348 e. The van der Waals surface area contributed by atoms with Crippen LogP contribution in [0.25, 0.3) is 0 Å². The van der Waals surface area contributed by atoms with E-state index in [2.05, 4.69) is 10.6 Å². The number of piperidine rings is 1. The number of nitrogens with zero attached hydrogens (tertiary/aromatic N) is 1. The van der Waals surface area contributed by atoms with E-state index in [1.807, 2.05) is 6.92 Å². The molecule has 2 N–H and O–H groups in total. The summed E-state index contributed by atoms with van der Waals surface area (Å²) in [7, 11) is -3.55. The van der Waals surface area contributed by atoms with Crippen molar-refractivity contribution in [3.63, 3.8) is 0 Å². The van der Waals surface area contributed by atoms with E-state index < -0.39 is 21.8 Å². The Bertz CT molecular complexity index is 722. The van der Waals surface area contributed by atoms with Crippen molar-refractivity contribution in [1.29, 1.82) is 0 Å². The van der Waals surface area contributed by atoms with Gasteiger partial charge >= 0.3 is 11.8 Å². The van der Waals surface area contributed by atoms with Crippen LogP contribution in [0.3, 0.4) is 0 Å². The third-order valence-corrected chi connectivity index (χ3v) is 6.67. The number of benzene rings is 1. The van der Waals surface area contributed by atoms with E-state index in [9.17, 15) is 18.0 Å². The molecule has 0 aromatic heterocycles. The quantitative estimate of drug-likeness (QED) is 0.517. The fourth-order valence-corrected chi connectivity index (χ4v) is 4.94. The van der Waals surface area contributed by atoms with Crippen molar-refractivity contribution in [2.75, 3.05) is 19.6 Å². The first-order valence-electron chi connectivity index (χ1n) is 9.59. The molecule has 8 heteroatoms. The fourth-order valence-electron chi connectivity index (χ4n) is 3.20. The van der Waals surface area contributed by atoms with Crippen molar-refractivity contribution in [2.45, 2.75) is 56.4 Å². The van der Waals surface area contributed by atoms with Gasteiger partial charge in [0.05, 0.1) is 4.90 Å². The summed E-state index contributed by atoms with van der Waals surface area (Å²) in [5, 5.41) is 5.17. The lowest BCUT2D eigenvalue weighted by Gasteiger charge is -2.34. The van der Waals surface area contributed by atoms with Crippen LogP contribution in [-0.2, 0) is 19.6 Å². The minimum atomic E-state index is -3.55. The molecule has 0 spiro atoms. The van der Waals surface area contributed by atoms with Crippen LogP contribution in [0.5, 0.6) is 0 Å². The molecule has 1 heterocycles. The Kier molecular flexibility index (Phi) is 8.24. The van der Waals surface area contributed by atoms with Crippen molar-refractivity contribution < 1.29 is 18.0 Å². The van der Waals surface area contributed by atoms with Crippen LogP contribution in [0.2, 0.25) is 0 Å². The Morgan fingerprint density at radius 3 is 2.41 bits per heavy atom. The average molecular weight is 396 g/mol. The minimum absolute atomic E-state index is 0.174. The van der Waals surface area contributed by atoms with Crippen LogP contribution in [0.1, 0.15) is 45.4 Å². The first kappa shape index (κ1) is 21.4.